The van der Waals surface area contributed by atoms with Crippen molar-refractivity contribution in [3.05, 3.63) is 34.8 Å². The molecule has 2 N–H and O–H groups in total. The maximum absolute atomic E-state index is 8.99. The molecule has 0 fully saturated rings. The fraction of sp³-hybridized carbons (Fsp3) is 0.400. The van der Waals surface area contributed by atoms with Crippen molar-refractivity contribution in [2.24, 2.45) is 0 Å². The van der Waals surface area contributed by atoms with Gasteiger partial charge in [-0.3, -0.25) is 0 Å². The minimum absolute atomic E-state index is 0.0936. The molecule has 102 valence electrons. The van der Waals surface area contributed by atoms with E-state index < -0.39 is 0 Å². The third-order valence-electron chi connectivity index (χ3n) is 3.16. The minimum Gasteiger partial charge on any atom is -0.496 e. The summed E-state index contributed by atoms with van der Waals surface area (Å²) in [5.74, 6) is 1.66. The van der Waals surface area contributed by atoms with Crippen LogP contribution in [0.25, 0.3) is 11.3 Å². The Morgan fingerprint density at radius 2 is 2.00 bits per heavy atom. The molecule has 4 nitrogen and oxygen atoms in total. The minimum atomic E-state index is 0.0936. The quantitative estimate of drug-likeness (QED) is 0.888. The Morgan fingerprint density at radius 3 is 2.63 bits per heavy atom. The number of aromatic nitrogens is 2. The zero-order valence-corrected chi connectivity index (χ0v) is 11.9. The molecule has 0 bridgehead atoms. The van der Waals surface area contributed by atoms with Gasteiger partial charge in [0, 0.05) is 17.7 Å². The Kier molecular flexibility index (Phi) is 3.90. The number of H-pyrrole nitrogens is 1. The maximum atomic E-state index is 8.99. The van der Waals surface area contributed by atoms with Gasteiger partial charge in [-0.2, -0.15) is 0 Å². The number of imidazole rings is 1. The monoisotopic (exact) mass is 260 g/mol. The second kappa shape index (κ2) is 5.45. The second-order valence-corrected chi connectivity index (χ2v) is 4.79. The lowest BCUT2D eigenvalue weighted by Crippen LogP contribution is -1.95. The fourth-order valence-electron chi connectivity index (χ4n) is 2.41. The molecular weight excluding hydrogens is 240 g/mol. The number of nitrogens with one attached hydrogen (secondary N) is 1. The number of hydrogen-bond acceptors (Lipinski definition) is 3. The second-order valence-electron chi connectivity index (χ2n) is 4.79. The predicted molar refractivity (Wildman–Crippen MR) is 75.6 cm³/mol. The van der Waals surface area contributed by atoms with Crippen molar-refractivity contribution in [2.75, 3.05) is 13.7 Å². The summed E-state index contributed by atoms with van der Waals surface area (Å²) in [6.45, 7) is 6.18. The van der Waals surface area contributed by atoms with Gasteiger partial charge in [0.25, 0.3) is 0 Å². The van der Waals surface area contributed by atoms with E-state index in [-0.39, 0.29) is 6.61 Å². The molecule has 0 aliphatic heterocycles. The highest BCUT2D eigenvalue weighted by Gasteiger charge is 2.15. The summed E-state index contributed by atoms with van der Waals surface area (Å²) in [4.78, 5) is 7.77. The number of rotatable bonds is 4. The van der Waals surface area contributed by atoms with Crippen molar-refractivity contribution in [1.82, 2.24) is 9.97 Å². The summed E-state index contributed by atoms with van der Waals surface area (Å²) in [6.07, 6.45) is 0.536. The predicted octanol–water partition coefficient (Wildman–Crippen LogP) is 2.55. The van der Waals surface area contributed by atoms with Crippen LogP contribution in [0.15, 0.2) is 12.1 Å². The first-order valence-electron chi connectivity index (χ1n) is 6.38. The van der Waals surface area contributed by atoms with E-state index in [2.05, 4.69) is 29.0 Å². The molecule has 0 aliphatic carbocycles. The number of nitrogens with zero attached hydrogens (tertiary/aromatic N) is 1. The molecule has 2 rings (SSSR count). The fourth-order valence-corrected chi connectivity index (χ4v) is 2.41. The molecule has 0 radical (unpaired) electrons. The number of benzene rings is 1. The summed E-state index contributed by atoms with van der Waals surface area (Å²) in [5.41, 5.74) is 5.17. The van der Waals surface area contributed by atoms with Gasteiger partial charge in [-0.25, -0.2) is 4.98 Å². The van der Waals surface area contributed by atoms with Crippen molar-refractivity contribution in [3.63, 3.8) is 0 Å². The highest BCUT2D eigenvalue weighted by Crippen LogP contribution is 2.34. The average molecular weight is 260 g/mol. The van der Waals surface area contributed by atoms with Crippen LogP contribution in [0.5, 0.6) is 5.75 Å². The van der Waals surface area contributed by atoms with Crippen LogP contribution in [-0.4, -0.2) is 28.8 Å². The van der Waals surface area contributed by atoms with Crippen LogP contribution < -0.4 is 4.74 Å². The number of aliphatic hydroxyl groups is 1. The zero-order valence-electron chi connectivity index (χ0n) is 11.9. The zero-order chi connectivity index (χ0) is 14.0. The molecule has 0 aliphatic rings. The Labute approximate surface area is 113 Å². The first kappa shape index (κ1) is 13.6. The van der Waals surface area contributed by atoms with Gasteiger partial charge >= 0.3 is 0 Å². The Balaban J connectivity index is 2.57. The van der Waals surface area contributed by atoms with Crippen LogP contribution >= 0.6 is 0 Å². The molecule has 19 heavy (non-hydrogen) atoms. The average Bonchev–Trinajstić information content (AvgIpc) is 2.70. The molecule has 0 saturated heterocycles. The highest BCUT2D eigenvalue weighted by atomic mass is 16.5. The van der Waals surface area contributed by atoms with Gasteiger partial charge in [-0.15, -0.1) is 0 Å². The van der Waals surface area contributed by atoms with Crippen molar-refractivity contribution in [3.8, 4) is 17.0 Å². The van der Waals surface area contributed by atoms with E-state index in [9.17, 15) is 0 Å². The number of ether oxygens (including phenoxy) is 1. The van der Waals surface area contributed by atoms with Crippen molar-refractivity contribution < 1.29 is 9.84 Å². The summed E-state index contributed by atoms with van der Waals surface area (Å²) >= 11 is 0. The van der Waals surface area contributed by atoms with Crippen LogP contribution in [0.2, 0.25) is 0 Å². The highest BCUT2D eigenvalue weighted by molar-refractivity contribution is 5.72. The van der Waals surface area contributed by atoms with Gasteiger partial charge < -0.3 is 14.8 Å². The number of aryl methyl sites for hydroxylation is 3. The summed E-state index contributed by atoms with van der Waals surface area (Å²) in [6, 6.07) is 4.18. The number of aliphatic hydroxyl groups excluding tert-OH is 1. The first-order chi connectivity index (χ1) is 9.06. The van der Waals surface area contributed by atoms with E-state index in [1.807, 2.05) is 13.8 Å². The third kappa shape index (κ3) is 2.63. The standard InChI is InChI=1S/C15H20N2O2/c1-9-7-10(2)15(19-4)12(8-9)14-11(3)16-13(17-14)5-6-18/h7-8,18H,5-6H2,1-4H3,(H,16,17). The van der Waals surface area contributed by atoms with E-state index in [4.69, 9.17) is 9.84 Å². The van der Waals surface area contributed by atoms with Gasteiger partial charge in [0.1, 0.15) is 11.6 Å². The molecule has 0 atom stereocenters. The normalized spacial score (nSPS) is 10.8. The Bertz CT molecular complexity index is 588. The molecule has 1 heterocycles. The molecule has 1 aromatic heterocycles. The van der Waals surface area contributed by atoms with Crippen LogP contribution in [0.1, 0.15) is 22.6 Å². The van der Waals surface area contributed by atoms with Crippen LogP contribution in [0, 0.1) is 20.8 Å². The molecular formula is C15H20N2O2. The van der Waals surface area contributed by atoms with Gasteiger partial charge in [0.05, 0.1) is 19.4 Å². The molecule has 2 aromatic rings. The number of aromatic amines is 1. The van der Waals surface area contributed by atoms with Crippen molar-refractivity contribution in [2.45, 2.75) is 27.2 Å². The van der Waals surface area contributed by atoms with Crippen molar-refractivity contribution in [1.29, 1.82) is 0 Å². The van der Waals surface area contributed by atoms with E-state index in [1.54, 1.807) is 7.11 Å². The maximum Gasteiger partial charge on any atom is 0.131 e. The lowest BCUT2D eigenvalue weighted by atomic mass is 10.0. The number of methoxy groups -OCH3 is 1. The molecule has 4 heteroatoms. The molecule has 1 aromatic carbocycles. The third-order valence-corrected chi connectivity index (χ3v) is 3.16. The molecule has 0 saturated carbocycles. The van der Waals surface area contributed by atoms with Gasteiger partial charge in [-0.1, -0.05) is 6.07 Å². The van der Waals surface area contributed by atoms with Gasteiger partial charge in [0.15, 0.2) is 0 Å². The number of hydrogen-bond donors (Lipinski definition) is 2. The summed E-state index contributed by atoms with van der Waals surface area (Å²) in [5, 5.41) is 8.99. The van der Waals surface area contributed by atoms with Crippen LogP contribution in [-0.2, 0) is 6.42 Å². The lowest BCUT2D eigenvalue weighted by molar-refractivity contribution is 0.297. The van der Waals surface area contributed by atoms with E-state index >= 15 is 0 Å². The van der Waals surface area contributed by atoms with Crippen LogP contribution in [0.3, 0.4) is 0 Å². The SMILES string of the molecule is COc1c(C)cc(C)cc1-c1nc(CCO)[nH]c1C. The molecule has 0 spiro atoms. The molecule has 0 amide bonds. The summed E-state index contributed by atoms with van der Waals surface area (Å²) < 4.78 is 5.51. The van der Waals surface area contributed by atoms with Crippen LogP contribution in [0.4, 0.5) is 0 Å². The lowest BCUT2D eigenvalue weighted by Gasteiger charge is -2.11. The Hall–Kier alpha value is -1.81. The topological polar surface area (TPSA) is 58.1 Å². The summed E-state index contributed by atoms with van der Waals surface area (Å²) in [7, 11) is 1.68. The first-order valence-corrected chi connectivity index (χ1v) is 6.38. The molecule has 0 unspecified atom stereocenters. The van der Waals surface area contributed by atoms with E-state index in [0.717, 1.165) is 34.1 Å². The largest absolute Gasteiger partial charge is 0.496 e. The Morgan fingerprint density at radius 1 is 1.26 bits per heavy atom. The van der Waals surface area contributed by atoms with E-state index in [0.29, 0.717) is 6.42 Å². The van der Waals surface area contributed by atoms with Gasteiger partial charge in [-0.05, 0) is 38.0 Å². The van der Waals surface area contributed by atoms with Gasteiger partial charge in [0.2, 0.25) is 0 Å². The van der Waals surface area contributed by atoms with Crippen molar-refractivity contribution >= 4 is 0 Å². The van der Waals surface area contributed by atoms with E-state index in [1.165, 1.54) is 5.56 Å². The smallest absolute Gasteiger partial charge is 0.131 e.